The van der Waals surface area contributed by atoms with Gasteiger partial charge < -0.3 is 10.4 Å². The molecule has 0 fully saturated rings. The van der Waals surface area contributed by atoms with Crippen LogP contribution >= 0.6 is 0 Å². The highest BCUT2D eigenvalue weighted by Gasteiger charge is 2.14. The van der Waals surface area contributed by atoms with Crippen LogP contribution in [0.25, 0.3) is 0 Å². The molecule has 18 heavy (non-hydrogen) atoms. The van der Waals surface area contributed by atoms with E-state index in [1.54, 1.807) is 12.1 Å². The molecule has 1 aromatic carbocycles. The molecular weight excluding hydrogens is 230 g/mol. The molecule has 1 aromatic rings. The quantitative estimate of drug-likeness (QED) is 0.761. The number of carboxylic acid groups (broad SMARTS) is 1. The second kappa shape index (κ2) is 6.79. The van der Waals surface area contributed by atoms with Crippen molar-refractivity contribution < 1.29 is 14.7 Å². The molecule has 4 heteroatoms. The van der Waals surface area contributed by atoms with E-state index in [9.17, 15) is 9.59 Å². The van der Waals surface area contributed by atoms with Crippen LogP contribution in [0.4, 0.5) is 0 Å². The van der Waals surface area contributed by atoms with Crippen LogP contribution in [0.5, 0.6) is 0 Å². The molecule has 2 N–H and O–H groups in total. The van der Waals surface area contributed by atoms with E-state index in [0.717, 1.165) is 12.8 Å². The normalized spacial score (nSPS) is 10.4. The van der Waals surface area contributed by atoms with Gasteiger partial charge in [0.25, 0.3) is 5.91 Å². The van der Waals surface area contributed by atoms with Crippen LogP contribution in [0, 0.1) is 5.92 Å². The van der Waals surface area contributed by atoms with Gasteiger partial charge in [-0.1, -0.05) is 26.0 Å². The van der Waals surface area contributed by atoms with Gasteiger partial charge in [0.05, 0.1) is 11.1 Å². The Hall–Kier alpha value is -1.84. The zero-order valence-electron chi connectivity index (χ0n) is 10.8. The molecule has 4 nitrogen and oxygen atoms in total. The van der Waals surface area contributed by atoms with Crippen LogP contribution in [0.3, 0.4) is 0 Å². The number of hydrogen-bond acceptors (Lipinski definition) is 2. The Bertz CT molecular complexity index is 427. The second-order valence-electron chi connectivity index (χ2n) is 4.64. The van der Waals surface area contributed by atoms with Gasteiger partial charge in [-0.05, 0) is 30.9 Å². The van der Waals surface area contributed by atoms with Gasteiger partial charge in [-0.3, -0.25) is 4.79 Å². The van der Waals surface area contributed by atoms with Gasteiger partial charge in [0.15, 0.2) is 0 Å². The maximum absolute atomic E-state index is 11.8. The number of rotatable bonds is 6. The van der Waals surface area contributed by atoms with E-state index in [2.05, 4.69) is 19.2 Å². The molecule has 0 heterocycles. The summed E-state index contributed by atoms with van der Waals surface area (Å²) in [5, 5.41) is 11.7. The lowest BCUT2D eigenvalue weighted by molar-refractivity contribution is 0.0691. The number of hydrogen-bond donors (Lipinski definition) is 2. The summed E-state index contributed by atoms with van der Waals surface area (Å²) in [6.07, 6.45) is 1.94. The lowest BCUT2D eigenvalue weighted by atomic mass is 10.1. The average molecular weight is 249 g/mol. The fourth-order valence-corrected chi connectivity index (χ4v) is 1.68. The number of benzene rings is 1. The minimum Gasteiger partial charge on any atom is -0.478 e. The van der Waals surface area contributed by atoms with Gasteiger partial charge in [-0.25, -0.2) is 4.79 Å². The summed E-state index contributed by atoms with van der Waals surface area (Å²) in [5.74, 6) is -0.798. The molecule has 0 aliphatic heterocycles. The van der Waals surface area contributed by atoms with E-state index in [1.807, 2.05) is 0 Å². The zero-order chi connectivity index (χ0) is 13.5. The SMILES string of the molecule is CC(C)CCCNC(=O)c1ccccc1C(=O)O. The van der Waals surface area contributed by atoms with Crippen molar-refractivity contribution in [2.45, 2.75) is 26.7 Å². The third-order valence-electron chi connectivity index (χ3n) is 2.65. The minimum atomic E-state index is -1.08. The summed E-state index contributed by atoms with van der Waals surface area (Å²) < 4.78 is 0. The van der Waals surface area contributed by atoms with Crippen molar-refractivity contribution in [3.05, 3.63) is 35.4 Å². The lowest BCUT2D eigenvalue weighted by Gasteiger charge is -2.08. The molecule has 1 rings (SSSR count). The maximum atomic E-state index is 11.8. The van der Waals surface area contributed by atoms with E-state index in [0.29, 0.717) is 12.5 Å². The van der Waals surface area contributed by atoms with E-state index in [-0.39, 0.29) is 17.0 Å². The van der Waals surface area contributed by atoms with Crippen LogP contribution < -0.4 is 5.32 Å². The van der Waals surface area contributed by atoms with E-state index < -0.39 is 5.97 Å². The molecule has 0 unspecified atom stereocenters. The molecule has 0 aromatic heterocycles. The predicted octanol–water partition coefficient (Wildman–Crippen LogP) is 2.55. The van der Waals surface area contributed by atoms with Crippen molar-refractivity contribution in [3.63, 3.8) is 0 Å². The molecule has 0 aliphatic carbocycles. The van der Waals surface area contributed by atoms with Gasteiger partial charge in [-0.2, -0.15) is 0 Å². The first kappa shape index (κ1) is 14.2. The standard InChI is InChI=1S/C14H19NO3/c1-10(2)6-5-9-15-13(16)11-7-3-4-8-12(11)14(17)18/h3-4,7-8,10H,5-6,9H2,1-2H3,(H,15,16)(H,17,18). The molecule has 0 spiro atoms. The van der Waals surface area contributed by atoms with Crippen molar-refractivity contribution >= 4 is 11.9 Å². The Labute approximate surface area is 107 Å². The molecule has 0 atom stereocenters. The number of carboxylic acids is 1. The summed E-state index contributed by atoms with van der Waals surface area (Å²) in [4.78, 5) is 22.8. The van der Waals surface area contributed by atoms with Gasteiger partial charge in [0.2, 0.25) is 0 Å². The molecule has 0 bridgehead atoms. The number of carbonyl (C=O) groups excluding carboxylic acids is 1. The van der Waals surface area contributed by atoms with Crippen LogP contribution in [-0.4, -0.2) is 23.5 Å². The molecule has 0 aliphatic rings. The van der Waals surface area contributed by atoms with Crippen LogP contribution in [0.15, 0.2) is 24.3 Å². The number of aromatic carboxylic acids is 1. The fourth-order valence-electron chi connectivity index (χ4n) is 1.68. The van der Waals surface area contributed by atoms with Gasteiger partial charge in [-0.15, -0.1) is 0 Å². The molecule has 0 saturated carbocycles. The molecule has 0 saturated heterocycles. The molecule has 1 amide bonds. The van der Waals surface area contributed by atoms with E-state index in [4.69, 9.17) is 5.11 Å². The molecule has 0 radical (unpaired) electrons. The third kappa shape index (κ3) is 4.20. The van der Waals surface area contributed by atoms with Gasteiger partial charge in [0.1, 0.15) is 0 Å². The van der Waals surface area contributed by atoms with Gasteiger partial charge in [0, 0.05) is 6.54 Å². The molecule has 98 valence electrons. The summed E-state index contributed by atoms with van der Waals surface area (Å²) in [6, 6.07) is 6.24. The topological polar surface area (TPSA) is 66.4 Å². The van der Waals surface area contributed by atoms with Crippen molar-refractivity contribution in [2.24, 2.45) is 5.92 Å². The van der Waals surface area contributed by atoms with E-state index >= 15 is 0 Å². The Morgan fingerprint density at radius 2 is 1.83 bits per heavy atom. The highest BCUT2D eigenvalue weighted by atomic mass is 16.4. The van der Waals surface area contributed by atoms with Crippen molar-refractivity contribution in [1.82, 2.24) is 5.32 Å². The van der Waals surface area contributed by atoms with Gasteiger partial charge >= 0.3 is 5.97 Å². The first-order valence-corrected chi connectivity index (χ1v) is 6.13. The Morgan fingerprint density at radius 1 is 1.22 bits per heavy atom. The first-order chi connectivity index (χ1) is 8.52. The lowest BCUT2D eigenvalue weighted by Crippen LogP contribution is -2.26. The molecular formula is C14H19NO3. The first-order valence-electron chi connectivity index (χ1n) is 6.13. The largest absolute Gasteiger partial charge is 0.478 e. The number of carbonyl (C=O) groups is 2. The van der Waals surface area contributed by atoms with Crippen LogP contribution in [0.2, 0.25) is 0 Å². The predicted molar refractivity (Wildman–Crippen MR) is 69.8 cm³/mol. The fraction of sp³-hybridized carbons (Fsp3) is 0.429. The third-order valence-corrected chi connectivity index (χ3v) is 2.65. The van der Waals surface area contributed by atoms with Crippen LogP contribution in [0.1, 0.15) is 47.4 Å². The van der Waals surface area contributed by atoms with E-state index in [1.165, 1.54) is 12.1 Å². The second-order valence-corrected chi connectivity index (χ2v) is 4.64. The zero-order valence-corrected chi connectivity index (χ0v) is 10.8. The Morgan fingerprint density at radius 3 is 2.39 bits per heavy atom. The Balaban J connectivity index is 2.59. The summed E-state index contributed by atoms with van der Waals surface area (Å²) >= 11 is 0. The Kier molecular flexibility index (Phi) is 5.36. The summed E-state index contributed by atoms with van der Waals surface area (Å²) in [7, 11) is 0. The average Bonchev–Trinajstić information content (AvgIpc) is 2.34. The number of nitrogens with one attached hydrogen (secondary N) is 1. The smallest absolute Gasteiger partial charge is 0.336 e. The summed E-state index contributed by atoms with van der Waals surface area (Å²) in [5.41, 5.74) is 0.258. The highest BCUT2D eigenvalue weighted by Crippen LogP contribution is 2.09. The summed E-state index contributed by atoms with van der Waals surface area (Å²) in [6.45, 7) is 4.83. The number of amides is 1. The van der Waals surface area contributed by atoms with Crippen molar-refractivity contribution in [3.8, 4) is 0 Å². The minimum absolute atomic E-state index is 0.0406. The van der Waals surface area contributed by atoms with Crippen LogP contribution in [-0.2, 0) is 0 Å². The monoisotopic (exact) mass is 249 g/mol. The van der Waals surface area contributed by atoms with Crippen molar-refractivity contribution in [2.75, 3.05) is 6.54 Å². The highest BCUT2D eigenvalue weighted by molar-refractivity contribution is 6.04. The van der Waals surface area contributed by atoms with Crippen molar-refractivity contribution in [1.29, 1.82) is 0 Å². The maximum Gasteiger partial charge on any atom is 0.336 e.